The molecule has 1 saturated carbocycles. The van der Waals surface area contributed by atoms with Crippen LogP contribution in [0.25, 0.3) is 0 Å². The summed E-state index contributed by atoms with van der Waals surface area (Å²) in [4.78, 5) is 0. The smallest absolute Gasteiger partial charge is 0.0233 e. The van der Waals surface area contributed by atoms with Crippen molar-refractivity contribution in [3.8, 4) is 0 Å². The molecule has 0 amide bonds. The third kappa shape index (κ3) is 2.67. The topological polar surface area (TPSA) is 0 Å². The Morgan fingerprint density at radius 1 is 1.44 bits per heavy atom. The number of hydrogen-bond acceptors (Lipinski definition) is 0. The molecule has 3 atom stereocenters. The van der Waals surface area contributed by atoms with Crippen LogP contribution in [0.1, 0.15) is 39.0 Å². The molecule has 0 N–H and O–H groups in total. The largest absolute Gasteiger partial charge is 0.134 e. The van der Waals surface area contributed by atoms with Crippen molar-refractivity contribution in [2.45, 2.75) is 44.7 Å². The summed E-state index contributed by atoms with van der Waals surface area (Å²) in [6.07, 6.45) is 7.24. The van der Waals surface area contributed by atoms with E-state index in [-0.39, 0.29) is 0 Å². The van der Waals surface area contributed by atoms with Gasteiger partial charge < -0.3 is 0 Å². The average molecular weight is 144 g/mol. The summed E-state index contributed by atoms with van der Waals surface area (Å²) < 4.78 is 0. The third-order valence-electron chi connectivity index (χ3n) is 2.16. The zero-order chi connectivity index (χ0) is 6.69. The van der Waals surface area contributed by atoms with Gasteiger partial charge in [0.25, 0.3) is 0 Å². The molecule has 0 aromatic carbocycles. The molecule has 0 aromatic heterocycles. The van der Waals surface area contributed by atoms with Crippen molar-refractivity contribution in [2.24, 2.45) is 5.92 Å². The Labute approximate surface area is 60.6 Å². The number of hydrogen-bond donors (Lipinski definition) is 0. The first kappa shape index (κ1) is 7.54. The summed E-state index contributed by atoms with van der Waals surface area (Å²) in [7, 11) is 2.92. The maximum atomic E-state index is 2.92. The normalized spacial score (nSPS) is 32.7. The van der Waals surface area contributed by atoms with E-state index in [1.54, 1.807) is 0 Å². The second-order valence-corrected chi connectivity index (χ2v) is 4.01. The maximum Gasteiger partial charge on any atom is -0.0233 e. The van der Waals surface area contributed by atoms with E-state index < -0.39 is 0 Å². The van der Waals surface area contributed by atoms with Gasteiger partial charge in [0.2, 0.25) is 0 Å². The van der Waals surface area contributed by atoms with Crippen molar-refractivity contribution >= 4 is 9.24 Å². The minimum Gasteiger partial charge on any atom is -0.134 e. The van der Waals surface area contributed by atoms with Gasteiger partial charge in [0.15, 0.2) is 0 Å². The zero-order valence-electron chi connectivity index (χ0n) is 6.27. The van der Waals surface area contributed by atoms with Gasteiger partial charge in [-0.05, 0) is 24.4 Å². The summed E-state index contributed by atoms with van der Waals surface area (Å²) in [6, 6.07) is 0. The van der Waals surface area contributed by atoms with Gasteiger partial charge in [-0.15, -0.1) is 9.24 Å². The van der Waals surface area contributed by atoms with Crippen LogP contribution in [0.5, 0.6) is 0 Å². The van der Waals surface area contributed by atoms with Crippen LogP contribution in [0.15, 0.2) is 0 Å². The van der Waals surface area contributed by atoms with Crippen molar-refractivity contribution in [1.29, 1.82) is 0 Å². The highest BCUT2D eigenvalue weighted by Gasteiger charge is 2.31. The molecule has 1 heteroatoms. The van der Waals surface area contributed by atoms with Gasteiger partial charge in [-0.3, -0.25) is 0 Å². The maximum absolute atomic E-state index is 2.92. The molecular formula is C8H17P. The van der Waals surface area contributed by atoms with Crippen molar-refractivity contribution in [3.05, 3.63) is 0 Å². The van der Waals surface area contributed by atoms with Crippen LogP contribution in [0.4, 0.5) is 0 Å². The first-order valence-corrected chi connectivity index (χ1v) is 4.77. The van der Waals surface area contributed by atoms with Gasteiger partial charge in [0.1, 0.15) is 0 Å². The predicted molar refractivity (Wildman–Crippen MR) is 45.7 cm³/mol. The minimum atomic E-state index is 0.988. The SMILES string of the molecule is CCCCCC1CC1P. The first-order chi connectivity index (χ1) is 4.34. The van der Waals surface area contributed by atoms with Gasteiger partial charge in [-0.1, -0.05) is 26.2 Å². The van der Waals surface area contributed by atoms with Gasteiger partial charge in [0.05, 0.1) is 0 Å². The highest BCUT2D eigenvalue weighted by Crippen LogP contribution is 2.41. The lowest BCUT2D eigenvalue weighted by Crippen LogP contribution is -1.80. The second-order valence-electron chi connectivity index (χ2n) is 3.16. The molecule has 0 aromatic rings. The molecular weight excluding hydrogens is 127 g/mol. The lowest BCUT2D eigenvalue weighted by Gasteiger charge is -1.94. The molecule has 1 rings (SSSR count). The van der Waals surface area contributed by atoms with Crippen LogP contribution in [0.3, 0.4) is 0 Å². The molecule has 1 fully saturated rings. The molecule has 0 saturated heterocycles. The van der Waals surface area contributed by atoms with Gasteiger partial charge in [0, 0.05) is 0 Å². The molecule has 0 bridgehead atoms. The van der Waals surface area contributed by atoms with Crippen LogP contribution >= 0.6 is 9.24 Å². The Kier molecular flexibility index (Phi) is 2.98. The summed E-state index contributed by atoms with van der Waals surface area (Å²) in [6.45, 7) is 2.27. The second kappa shape index (κ2) is 3.56. The third-order valence-corrected chi connectivity index (χ3v) is 2.97. The van der Waals surface area contributed by atoms with E-state index in [4.69, 9.17) is 0 Å². The average Bonchev–Trinajstić information content (AvgIpc) is 2.48. The van der Waals surface area contributed by atoms with E-state index in [9.17, 15) is 0 Å². The van der Waals surface area contributed by atoms with E-state index in [1.165, 1.54) is 32.1 Å². The lowest BCUT2D eigenvalue weighted by atomic mass is 10.1. The molecule has 0 radical (unpaired) electrons. The Morgan fingerprint density at radius 3 is 2.56 bits per heavy atom. The van der Waals surface area contributed by atoms with Crippen molar-refractivity contribution in [3.63, 3.8) is 0 Å². The van der Waals surface area contributed by atoms with Gasteiger partial charge in [-0.2, -0.15) is 0 Å². The van der Waals surface area contributed by atoms with E-state index in [0.717, 1.165) is 11.6 Å². The van der Waals surface area contributed by atoms with Crippen molar-refractivity contribution < 1.29 is 0 Å². The van der Waals surface area contributed by atoms with Crippen LogP contribution in [0.2, 0.25) is 0 Å². The number of rotatable bonds is 4. The molecule has 1 aliphatic rings. The molecule has 54 valence electrons. The van der Waals surface area contributed by atoms with E-state index in [2.05, 4.69) is 16.2 Å². The Hall–Kier alpha value is 0.430. The van der Waals surface area contributed by atoms with Crippen molar-refractivity contribution in [1.82, 2.24) is 0 Å². The highest BCUT2D eigenvalue weighted by atomic mass is 31.0. The van der Waals surface area contributed by atoms with E-state index in [1.807, 2.05) is 0 Å². The lowest BCUT2D eigenvalue weighted by molar-refractivity contribution is 0.622. The monoisotopic (exact) mass is 144 g/mol. The summed E-state index contributed by atoms with van der Waals surface area (Å²) >= 11 is 0. The molecule has 0 spiro atoms. The summed E-state index contributed by atoms with van der Waals surface area (Å²) in [5.74, 6) is 1.08. The van der Waals surface area contributed by atoms with Crippen LogP contribution in [-0.2, 0) is 0 Å². The molecule has 0 nitrogen and oxygen atoms in total. The standard InChI is InChI=1S/C8H17P/c1-2-3-4-5-7-6-8(7)9/h7-8H,2-6,9H2,1H3. The number of unbranched alkanes of at least 4 members (excludes halogenated alkanes) is 2. The summed E-state index contributed by atoms with van der Waals surface area (Å²) in [5, 5.41) is 0. The molecule has 0 aliphatic heterocycles. The molecule has 9 heavy (non-hydrogen) atoms. The Balaban J connectivity index is 1.83. The van der Waals surface area contributed by atoms with Crippen LogP contribution in [-0.4, -0.2) is 5.66 Å². The minimum absolute atomic E-state index is 0.988. The van der Waals surface area contributed by atoms with Gasteiger partial charge in [-0.25, -0.2) is 0 Å². The summed E-state index contributed by atoms with van der Waals surface area (Å²) in [5.41, 5.74) is 0.988. The van der Waals surface area contributed by atoms with Crippen molar-refractivity contribution in [2.75, 3.05) is 0 Å². The zero-order valence-corrected chi connectivity index (χ0v) is 7.42. The van der Waals surface area contributed by atoms with E-state index >= 15 is 0 Å². The quantitative estimate of drug-likeness (QED) is 0.420. The van der Waals surface area contributed by atoms with Crippen LogP contribution in [0, 0.1) is 5.92 Å². The first-order valence-electron chi connectivity index (χ1n) is 4.10. The molecule has 3 unspecified atom stereocenters. The molecule has 0 heterocycles. The fourth-order valence-corrected chi connectivity index (χ4v) is 1.80. The van der Waals surface area contributed by atoms with E-state index in [0.29, 0.717) is 0 Å². The van der Waals surface area contributed by atoms with Gasteiger partial charge >= 0.3 is 0 Å². The Morgan fingerprint density at radius 2 is 2.11 bits per heavy atom. The fraction of sp³-hybridized carbons (Fsp3) is 1.00. The predicted octanol–water partition coefficient (Wildman–Crippen LogP) is 2.83. The fourth-order valence-electron chi connectivity index (χ4n) is 1.26. The highest BCUT2D eigenvalue weighted by molar-refractivity contribution is 7.18. The Bertz CT molecular complexity index is 80.6. The molecule has 1 aliphatic carbocycles. The van der Waals surface area contributed by atoms with Crippen LogP contribution < -0.4 is 0 Å².